The molecule has 5 nitrogen and oxygen atoms in total. The van der Waals surface area contributed by atoms with E-state index in [9.17, 15) is 18.4 Å². The molecule has 2 aromatic heterocycles. The summed E-state index contributed by atoms with van der Waals surface area (Å²) in [4.78, 5) is 32.8. The third kappa shape index (κ3) is 3.69. The van der Waals surface area contributed by atoms with E-state index in [1.54, 1.807) is 14.0 Å². The number of fused-ring (bicyclic) bond motifs is 1. The van der Waals surface area contributed by atoms with Crippen LogP contribution in [0.1, 0.15) is 35.4 Å². The molecule has 1 unspecified atom stereocenters. The molecule has 0 bridgehead atoms. The number of amides is 1. The van der Waals surface area contributed by atoms with E-state index < -0.39 is 17.7 Å². The summed E-state index contributed by atoms with van der Waals surface area (Å²) in [6.07, 6.45) is 1.56. The molecule has 3 rings (SSSR count). The summed E-state index contributed by atoms with van der Waals surface area (Å²) in [7, 11) is 1.60. The summed E-state index contributed by atoms with van der Waals surface area (Å²) in [5.74, 6) is -2.08. The van der Waals surface area contributed by atoms with E-state index in [2.05, 4.69) is 4.98 Å². The molecule has 0 fully saturated rings. The normalized spacial score (nSPS) is 12.4. The third-order valence-electron chi connectivity index (χ3n) is 5.12. The highest BCUT2D eigenvalue weighted by Crippen LogP contribution is 2.25. The number of rotatable bonds is 5. The minimum Gasteiger partial charge on any atom is -0.339 e. The van der Waals surface area contributed by atoms with Gasteiger partial charge >= 0.3 is 0 Å². The molecule has 0 aliphatic carbocycles. The van der Waals surface area contributed by atoms with Crippen molar-refractivity contribution in [3.8, 4) is 0 Å². The maximum absolute atomic E-state index is 13.5. The van der Waals surface area contributed by atoms with Crippen LogP contribution in [0.3, 0.4) is 0 Å². The second-order valence-corrected chi connectivity index (χ2v) is 8.01. The summed E-state index contributed by atoms with van der Waals surface area (Å²) in [5, 5.41) is 0.598. The van der Waals surface area contributed by atoms with E-state index in [1.165, 1.54) is 33.2 Å². The van der Waals surface area contributed by atoms with Crippen LogP contribution in [0.15, 0.2) is 29.3 Å². The third-order valence-corrected chi connectivity index (χ3v) is 6.24. The van der Waals surface area contributed by atoms with Crippen LogP contribution in [0.25, 0.3) is 10.2 Å². The topological polar surface area (TPSA) is 55.2 Å². The van der Waals surface area contributed by atoms with E-state index in [0.29, 0.717) is 15.8 Å². The minimum absolute atomic E-state index is 0.0970. The van der Waals surface area contributed by atoms with Gasteiger partial charge in [-0.1, -0.05) is 6.07 Å². The smallest absolute Gasteiger partial charge is 0.262 e. The number of benzene rings is 1. The molecule has 8 heteroatoms. The number of halogens is 2. The first-order valence-electron chi connectivity index (χ1n) is 8.86. The van der Waals surface area contributed by atoms with Crippen molar-refractivity contribution in [1.82, 2.24) is 14.5 Å². The largest absolute Gasteiger partial charge is 0.339 e. The molecule has 0 saturated carbocycles. The molecular weight excluding hydrogens is 384 g/mol. The molecular formula is C20H21F2N3O2S. The fraction of sp³-hybridized carbons (Fsp3) is 0.350. The van der Waals surface area contributed by atoms with Gasteiger partial charge in [-0.3, -0.25) is 14.2 Å². The predicted molar refractivity (Wildman–Crippen MR) is 106 cm³/mol. The zero-order valence-corrected chi connectivity index (χ0v) is 16.9. The van der Waals surface area contributed by atoms with Crippen LogP contribution in [0, 0.1) is 25.5 Å². The lowest BCUT2D eigenvalue weighted by Crippen LogP contribution is -2.31. The lowest BCUT2D eigenvalue weighted by atomic mass is 10.1. The monoisotopic (exact) mass is 405 g/mol. The van der Waals surface area contributed by atoms with Crippen molar-refractivity contribution in [2.45, 2.75) is 39.8 Å². The van der Waals surface area contributed by atoms with Crippen molar-refractivity contribution < 1.29 is 13.6 Å². The number of thiophene rings is 1. The summed E-state index contributed by atoms with van der Waals surface area (Å²) in [6.45, 7) is 5.78. The van der Waals surface area contributed by atoms with E-state index in [1.807, 2.05) is 13.8 Å². The molecule has 3 aromatic rings. The van der Waals surface area contributed by atoms with Crippen molar-refractivity contribution in [3.63, 3.8) is 0 Å². The number of carbonyl (C=O) groups is 1. The Kier molecular flexibility index (Phi) is 5.60. The molecule has 0 aliphatic heterocycles. The van der Waals surface area contributed by atoms with Gasteiger partial charge in [0.15, 0.2) is 11.6 Å². The number of aryl methyl sites for hydroxylation is 3. The Labute approximate surface area is 165 Å². The highest BCUT2D eigenvalue weighted by Gasteiger charge is 2.19. The van der Waals surface area contributed by atoms with Gasteiger partial charge in [0.2, 0.25) is 5.91 Å². The maximum Gasteiger partial charge on any atom is 0.262 e. The molecule has 1 amide bonds. The Morgan fingerprint density at radius 2 is 2.00 bits per heavy atom. The highest BCUT2D eigenvalue weighted by atomic mass is 32.1. The average Bonchev–Trinajstić information content (AvgIpc) is 2.96. The van der Waals surface area contributed by atoms with Gasteiger partial charge in [-0.05, 0) is 44.0 Å². The Bertz CT molecular complexity index is 1110. The van der Waals surface area contributed by atoms with Gasteiger partial charge < -0.3 is 4.90 Å². The van der Waals surface area contributed by atoms with Crippen molar-refractivity contribution in [1.29, 1.82) is 0 Å². The zero-order valence-electron chi connectivity index (χ0n) is 16.1. The SMILES string of the molecule is Cc1sc2ncn(CCC(=O)N(C)C(C)c3ccc(F)c(F)c3)c(=O)c2c1C. The van der Waals surface area contributed by atoms with Crippen LogP contribution in [-0.4, -0.2) is 27.4 Å². The maximum atomic E-state index is 13.5. The Balaban J connectivity index is 1.73. The molecule has 0 saturated heterocycles. The molecule has 28 heavy (non-hydrogen) atoms. The first-order valence-corrected chi connectivity index (χ1v) is 9.68. The number of carbonyl (C=O) groups excluding carboxylic acids is 1. The van der Waals surface area contributed by atoms with Gasteiger partial charge in [-0.2, -0.15) is 0 Å². The van der Waals surface area contributed by atoms with Gasteiger partial charge in [-0.15, -0.1) is 11.3 Å². The molecule has 0 N–H and O–H groups in total. The first-order chi connectivity index (χ1) is 13.2. The lowest BCUT2D eigenvalue weighted by Gasteiger charge is -2.25. The fourth-order valence-corrected chi connectivity index (χ4v) is 4.02. The van der Waals surface area contributed by atoms with Crippen molar-refractivity contribution in [3.05, 3.63) is 62.5 Å². The van der Waals surface area contributed by atoms with E-state index in [0.717, 1.165) is 22.6 Å². The number of nitrogens with zero attached hydrogens (tertiary/aromatic N) is 3. The van der Waals surface area contributed by atoms with Crippen molar-refractivity contribution >= 4 is 27.5 Å². The van der Waals surface area contributed by atoms with Gasteiger partial charge in [0.1, 0.15) is 4.83 Å². The van der Waals surface area contributed by atoms with Crippen LogP contribution >= 0.6 is 11.3 Å². The quantitative estimate of drug-likeness (QED) is 0.646. The molecule has 0 aliphatic rings. The van der Waals surface area contributed by atoms with Crippen LogP contribution in [-0.2, 0) is 11.3 Å². The Morgan fingerprint density at radius 1 is 1.29 bits per heavy atom. The molecule has 0 radical (unpaired) electrons. The summed E-state index contributed by atoms with van der Waals surface area (Å²) in [6, 6.07) is 3.16. The van der Waals surface area contributed by atoms with Crippen LogP contribution in [0.2, 0.25) is 0 Å². The van der Waals surface area contributed by atoms with Crippen molar-refractivity contribution in [2.75, 3.05) is 7.05 Å². The average molecular weight is 405 g/mol. The molecule has 2 heterocycles. The number of hydrogen-bond donors (Lipinski definition) is 0. The summed E-state index contributed by atoms with van der Waals surface area (Å²) in [5.41, 5.74) is 1.26. The fourth-order valence-electron chi connectivity index (χ4n) is 3.03. The predicted octanol–water partition coefficient (Wildman–Crippen LogP) is 3.96. The number of hydrogen-bond acceptors (Lipinski definition) is 4. The molecule has 148 valence electrons. The van der Waals surface area contributed by atoms with Gasteiger partial charge in [-0.25, -0.2) is 13.8 Å². The summed E-state index contributed by atoms with van der Waals surface area (Å²) < 4.78 is 28.0. The first kappa shape index (κ1) is 20.1. The summed E-state index contributed by atoms with van der Waals surface area (Å²) >= 11 is 1.48. The van der Waals surface area contributed by atoms with E-state index in [-0.39, 0.29) is 24.4 Å². The zero-order chi connectivity index (χ0) is 20.6. The molecule has 1 aromatic carbocycles. The highest BCUT2D eigenvalue weighted by molar-refractivity contribution is 7.18. The minimum atomic E-state index is -0.947. The molecule has 1 atom stereocenters. The van der Waals surface area contributed by atoms with Crippen molar-refractivity contribution in [2.24, 2.45) is 0 Å². The van der Waals surface area contributed by atoms with E-state index in [4.69, 9.17) is 0 Å². The van der Waals surface area contributed by atoms with E-state index >= 15 is 0 Å². The second kappa shape index (κ2) is 7.79. The van der Waals surface area contributed by atoms with Gasteiger partial charge in [0, 0.05) is 24.9 Å². The van der Waals surface area contributed by atoms with Gasteiger partial charge in [0.25, 0.3) is 5.56 Å². The van der Waals surface area contributed by atoms with Crippen LogP contribution < -0.4 is 5.56 Å². The lowest BCUT2D eigenvalue weighted by molar-refractivity contribution is -0.132. The Hall–Kier alpha value is -2.61. The van der Waals surface area contributed by atoms with Crippen LogP contribution in [0.4, 0.5) is 8.78 Å². The second-order valence-electron chi connectivity index (χ2n) is 6.81. The van der Waals surface area contributed by atoms with Gasteiger partial charge in [0.05, 0.1) is 17.8 Å². The Morgan fingerprint density at radius 3 is 2.68 bits per heavy atom. The van der Waals surface area contributed by atoms with Crippen LogP contribution in [0.5, 0.6) is 0 Å². The standard InChI is InChI=1S/C20H21F2N3O2S/c1-11-13(3)28-19-18(11)20(27)25(10-23-19)8-7-17(26)24(4)12(2)14-5-6-15(21)16(22)9-14/h5-6,9-10,12H,7-8H2,1-4H3. The molecule has 0 spiro atoms. The number of aromatic nitrogens is 2.